The smallest absolute Gasteiger partial charge is 0.273 e. The Kier molecular flexibility index (Phi) is 3.83. The molecule has 0 aliphatic carbocycles. The topological polar surface area (TPSA) is 70.5 Å². The minimum atomic E-state index is -0.993. The lowest BCUT2D eigenvalue weighted by molar-refractivity contribution is 0.0630. The maximum absolute atomic E-state index is 13.5. The van der Waals surface area contributed by atoms with Crippen molar-refractivity contribution >= 4 is 11.6 Å². The molecular formula is C18H17FN4O2. The van der Waals surface area contributed by atoms with Crippen LogP contribution in [-0.4, -0.2) is 44.7 Å². The summed E-state index contributed by atoms with van der Waals surface area (Å²) < 4.78 is 14.8. The molecule has 1 saturated heterocycles. The van der Waals surface area contributed by atoms with Crippen molar-refractivity contribution in [2.45, 2.75) is 19.0 Å². The first-order chi connectivity index (χ1) is 12.1. The van der Waals surface area contributed by atoms with Gasteiger partial charge < -0.3 is 4.90 Å². The summed E-state index contributed by atoms with van der Waals surface area (Å²) in [6.07, 6.45) is 0.133. The van der Waals surface area contributed by atoms with E-state index in [2.05, 4.69) is 10.1 Å². The van der Waals surface area contributed by atoms with Crippen LogP contribution in [0.3, 0.4) is 0 Å². The van der Waals surface area contributed by atoms with Crippen molar-refractivity contribution < 1.29 is 9.18 Å². The van der Waals surface area contributed by atoms with E-state index in [9.17, 15) is 14.0 Å². The van der Waals surface area contributed by atoms with Crippen molar-refractivity contribution in [2.24, 2.45) is 0 Å². The first kappa shape index (κ1) is 15.6. The van der Waals surface area contributed by atoms with E-state index in [1.165, 1.54) is 21.5 Å². The fourth-order valence-corrected chi connectivity index (χ4v) is 3.14. The predicted molar refractivity (Wildman–Crippen MR) is 91.3 cm³/mol. The number of nitrogens with zero attached hydrogens (tertiary/aromatic N) is 3. The molecule has 0 radical (unpaired) electrons. The lowest BCUT2D eigenvalue weighted by atomic mass is 10.1. The maximum Gasteiger partial charge on any atom is 0.273 e. The maximum atomic E-state index is 13.5. The third-order valence-electron chi connectivity index (χ3n) is 4.40. The quantitative estimate of drug-likeness (QED) is 0.778. The van der Waals surface area contributed by atoms with Crippen LogP contribution in [0.2, 0.25) is 0 Å². The Hall–Kier alpha value is -2.96. The highest BCUT2D eigenvalue weighted by Crippen LogP contribution is 2.18. The highest BCUT2D eigenvalue weighted by atomic mass is 19.1. The molecule has 6 nitrogen and oxygen atoms in total. The molecule has 1 amide bonds. The standard InChI is InChI=1S/C18H17FN4O2/c19-13-7-4-8-22(11-13)18(25)15-9-16-20-14(10-17(24)23(16)21-15)12-5-2-1-3-6-12/h1-3,5-6,9-10,13,21H,4,7-8,11H2. The van der Waals surface area contributed by atoms with Crippen molar-refractivity contribution in [3.05, 3.63) is 58.5 Å². The molecule has 0 spiro atoms. The number of fused-ring (bicyclic) bond motifs is 1. The molecule has 0 bridgehead atoms. The van der Waals surface area contributed by atoms with E-state index < -0.39 is 6.17 Å². The first-order valence-corrected chi connectivity index (χ1v) is 8.23. The van der Waals surface area contributed by atoms with Gasteiger partial charge in [-0.1, -0.05) is 30.3 Å². The number of amides is 1. The van der Waals surface area contributed by atoms with Gasteiger partial charge in [-0.25, -0.2) is 13.9 Å². The largest absolute Gasteiger partial charge is 0.334 e. The monoisotopic (exact) mass is 340 g/mol. The third kappa shape index (κ3) is 2.93. The number of likely N-dealkylation sites (tertiary alicyclic amines) is 1. The molecule has 1 aliphatic heterocycles. The second-order valence-electron chi connectivity index (χ2n) is 6.20. The van der Waals surface area contributed by atoms with Crippen LogP contribution in [0.5, 0.6) is 0 Å². The van der Waals surface area contributed by atoms with E-state index in [1.807, 2.05) is 30.3 Å². The van der Waals surface area contributed by atoms with Gasteiger partial charge in [0.2, 0.25) is 0 Å². The highest BCUT2D eigenvalue weighted by Gasteiger charge is 2.25. The van der Waals surface area contributed by atoms with Crippen LogP contribution in [0.25, 0.3) is 16.9 Å². The van der Waals surface area contributed by atoms with E-state index in [1.54, 1.807) is 0 Å². The zero-order chi connectivity index (χ0) is 17.4. The van der Waals surface area contributed by atoms with E-state index >= 15 is 0 Å². The number of aromatic amines is 1. The Balaban J connectivity index is 1.72. The zero-order valence-corrected chi connectivity index (χ0v) is 13.5. The molecule has 7 heteroatoms. The van der Waals surface area contributed by atoms with Gasteiger partial charge in [-0.3, -0.25) is 14.7 Å². The van der Waals surface area contributed by atoms with Crippen molar-refractivity contribution in [2.75, 3.05) is 13.1 Å². The molecule has 2 aromatic heterocycles. The zero-order valence-electron chi connectivity index (χ0n) is 13.5. The number of alkyl halides is 1. The second-order valence-corrected chi connectivity index (χ2v) is 6.20. The van der Waals surface area contributed by atoms with Crippen molar-refractivity contribution in [1.82, 2.24) is 19.5 Å². The Bertz CT molecular complexity index is 980. The van der Waals surface area contributed by atoms with Crippen molar-refractivity contribution in [3.8, 4) is 11.3 Å². The number of H-pyrrole nitrogens is 1. The number of rotatable bonds is 2. The minimum Gasteiger partial charge on any atom is -0.334 e. The minimum absolute atomic E-state index is 0.0891. The van der Waals surface area contributed by atoms with E-state index in [4.69, 9.17) is 0 Å². The van der Waals surface area contributed by atoms with Gasteiger partial charge in [0.1, 0.15) is 11.9 Å². The van der Waals surface area contributed by atoms with Crippen LogP contribution in [-0.2, 0) is 0 Å². The molecule has 3 heterocycles. The Morgan fingerprint density at radius 3 is 2.80 bits per heavy atom. The number of hydrogen-bond donors (Lipinski definition) is 1. The van der Waals surface area contributed by atoms with Gasteiger partial charge in [0.15, 0.2) is 5.65 Å². The Labute approximate surface area is 142 Å². The summed E-state index contributed by atoms with van der Waals surface area (Å²) in [4.78, 5) is 30.8. The van der Waals surface area contributed by atoms with Crippen LogP contribution in [0.15, 0.2) is 47.3 Å². The molecule has 1 aromatic carbocycles. The van der Waals surface area contributed by atoms with Gasteiger partial charge in [-0.15, -0.1) is 0 Å². The number of carbonyl (C=O) groups excluding carboxylic acids is 1. The number of nitrogens with one attached hydrogen (secondary N) is 1. The van der Waals surface area contributed by atoms with Gasteiger partial charge in [0.25, 0.3) is 11.5 Å². The Morgan fingerprint density at radius 1 is 1.24 bits per heavy atom. The molecule has 0 saturated carbocycles. The van der Waals surface area contributed by atoms with Gasteiger partial charge in [0, 0.05) is 24.2 Å². The van der Waals surface area contributed by atoms with E-state index in [0.717, 1.165) is 5.56 Å². The van der Waals surface area contributed by atoms with E-state index in [-0.39, 0.29) is 23.7 Å². The molecule has 25 heavy (non-hydrogen) atoms. The van der Waals surface area contributed by atoms with Crippen LogP contribution in [0.4, 0.5) is 4.39 Å². The van der Waals surface area contributed by atoms with Crippen LogP contribution in [0, 0.1) is 0 Å². The summed E-state index contributed by atoms with van der Waals surface area (Å²) in [5.41, 5.74) is 1.68. The summed E-state index contributed by atoms with van der Waals surface area (Å²) in [6, 6.07) is 12.3. The van der Waals surface area contributed by atoms with Crippen LogP contribution < -0.4 is 5.56 Å². The molecular weight excluding hydrogens is 323 g/mol. The van der Waals surface area contributed by atoms with Gasteiger partial charge >= 0.3 is 0 Å². The average Bonchev–Trinajstić information content (AvgIpc) is 3.06. The van der Waals surface area contributed by atoms with Crippen molar-refractivity contribution in [1.29, 1.82) is 0 Å². The molecule has 1 atom stereocenters. The number of halogens is 1. The Morgan fingerprint density at radius 2 is 2.04 bits per heavy atom. The van der Waals surface area contributed by atoms with E-state index in [0.29, 0.717) is 30.7 Å². The summed E-state index contributed by atoms with van der Waals surface area (Å²) in [6.45, 7) is 0.609. The van der Waals surface area contributed by atoms with Crippen molar-refractivity contribution in [3.63, 3.8) is 0 Å². The molecule has 3 aromatic rings. The number of benzene rings is 1. The summed E-state index contributed by atoms with van der Waals surface area (Å²) in [5, 5.41) is 2.78. The predicted octanol–water partition coefficient (Wildman–Crippen LogP) is 2.26. The van der Waals surface area contributed by atoms with Gasteiger partial charge in [0.05, 0.1) is 12.2 Å². The number of aromatic nitrogens is 3. The number of hydrogen-bond acceptors (Lipinski definition) is 3. The van der Waals surface area contributed by atoms with Crippen LogP contribution >= 0.6 is 0 Å². The molecule has 1 N–H and O–H groups in total. The van der Waals surface area contributed by atoms with Gasteiger partial charge in [-0.05, 0) is 12.8 Å². The number of piperidine rings is 1. The van der Waals surface area contributed by atoms with Gasteiger partial charge in [-0.2, -0.15) is 0 Å². The molecule has 1 aliphatic rings. The van der Waals surface area contributed by atoms with Crippen LogP contribution in [0.1, 0.15) is 23.3 Å². The SMILES string of the molecule is O=C(c1cc2nc(-c3ccccc3)cc(=O)n2[nH]1)N1CCCC(F)C1. The molecule has 1 fully saturated rings. The summed E-state index contributed by atoms with van der Waals surface area (Å²) in [5.74, 6) is -0.312. The summed E-state index contributed by atoms with van der Waals surface area (Å²) >= 11 is 0. The second kappa shape index (κ2) is 6.16. The lowest BCUT2D eigenvalue weighted by Crippen LogP contribution is -2.41. The highest BCUT2D eigenvalue weighted by molar-refractivity contribution is 5.93. The normalized spacial score (nSPS) is 17.8. The fraction of sp³-hybridized carbons (Fsp3) is 0.278. The third-order valence-corrected chi connectivity index (χ3v) is 4.40. The molecule has 4 rings (SSSR count). The average molecular weight is 340 g/mol. The summed E-state index contributed by atoms with van der Waals surface area (Å²) in [7, 11) is 0. The first-order valence-electron chi connectivity index (χ1n) is 8.23. The lowest BCUT2D eigenvalue weighted by Gasteiger charge is -2.28. The fourth-order valence-electron chi connectivity index (χ4n) is 3.14. The molecule has 1 unspecified atom stereocenters. The molecule has 128 valence electrons. The number of carbonyl (C=O) groups is 1.